The molecule has 6 aliphatic rings. The van der Waals surface area contributed by atoms with Crippen molar-refractivity contribution in [3.05, 3.63) is 33.4 Å². The van der Waals surface area contributed by atoms with Gasteiger partial charge in [0.05, 0.1) is 18.3 Å². The van der Waals surface area contributed by atoms with Crippen molar-refractivity contribution in [3.8, 4) is 0 Å². The summed E-state index contributed by atoms with van der Waals surface area (Å²) in [5.74, 6) is 1.30. The zero-order valence-electron chi connectivity index (χ0n) is 28.2. The van der Waals surface area contributed by atoms with E-state index in [1.807, 2.05) is 0 Å². The van der Waals surface area contributed by atoms with E-state index in [1.54, 1.807) is 54.7 Å². The second-order valence-corrected chi connectivity index (χ2v) is 16.7. The summed E-state index contributed by atoms with van der Waals surface area (Å²) in [7, 11) is 5.21. The van der Waals surface area contributed by atoms with Gasteiger partial charge in [-0.15, -0.1) is 0 Å². The number of methoxy groups -OCH3 is 3. The molecule has 0 radical (unpaired) electrons. The third kappa shape index (κ3) is 2.87. The van der Waals surface area contributed by atoms with Crippen LogP contribution in [0.2, 0.25) is 0 Å². The van der Waals surface area contributed by atoms with Gasteiger partial charge in [-0.1, -0.05) is 62.3 Å². The summed E-state index contributed by atoms with van der Waals surface area (Å²) >= 11 is 0. The Hall–Kier alpha value is -1.02. The van der Waals surface area contributed by atoms with Crippen LogP contribution in [0, 0.1) is 16.2 Å². The molecule has 0 heterocycles. The van der Waals surface area contributed by atoms with E-state index in [0.717, 1.165) is 19.3 Å². The second kappa shape index (κ2) is 8.82. The number of hydrogen-bond acceptors (Lipinski definition) is 6. The fourth-order valence-electron chi connectivity index (χ4n) is 12.1. The van der Waals surface area contributed by atoms with Crippen LogP contribution in [0.25, 0.3) is 0 Å². The minimum absolute atomic E-state index is 0.0562. The Morgan fingerprint density at radius 1 is 0.452 bits per heavy atom. The molecule has 0 amide bonds. The van der Waals surface area contributed by atoms with Crippen LogP contribution in [-0.2, 0) is 44.7 Å². The van der Waals surface area contributed by atoms with Gasteiger partial charge in [0.15, 0.2) is 0 Å². The van der Waals surface area contributed by atoms with Gasteiger partial charge in [-0.2, -0.15) is 0 Å². The highest BCUT2D eigenvalue weighted by atomic mass is 16.7. The van der Waals surface area contributed by atoms with E-state index in [4.69, 9.17) is 28.4 Å². The molecule has 0 spiro atoms. The van der Waals surface area contributed by atoms with Crippen LogP contribution in [0.1, 0.15) is 133 Å². The summed E-state index contributed by atoms with van der Waals surface area (Å²) in [4.78, 5) is 0. The maximum atomic E-state index is 6.59. The van der Waals surface area contributed by atoms with Crippen molar-refractivity contribution in [3.63, 3.8) is 0 Å². The first-order valence-electron chi connectivity index (χ1n) is 16.2. The van der Waals surface area contributed by atoms with Gasteiger partial charge in [-0.25, -0.2) is 0 Å². The van der Waals surface area contributed by atoms with Gasteiger partial charge in [-0.05, 0) is 86.6 Å². The van der Waals surface area contributed by atoms with Crippen LogP contribution in [0.4, 0.5) is 0 Å². The molecule has 0 aliphatic heterocycles. The molecule has 234 valence electrons. The lowest BCUT2D eigenvalue weighted by molar-refractivity contribution is -0.0997. The van der Waals surface area contributed by atoms with E-state index in [9.17, 15) is 0 Å². The summed E-state index contributed by atoms with van der Waals surface area (Å²) < 4.78 is 36.2. The standard InChI is InChI=1S/C36H54O6/c1-31(2)19-13-22(40-16-37-10)34(31,7)28-25(19)29-27(21-15-23(41-17-38-11)35(29,8)33(21,5)6)30-26(28)20-14-24(42-18-39-12)36(30,9)32(20,3)4/h19-24H,13-18H2,1-12H3/t19-,20-,21-,22-,23-,24-,34+,35+,36+/m1/s1. The molecule has 6 nitrogen and oxygen atoms in total. The number of rotatable bonds is 9. The molecule has 6 aliphatic carbocycles. The van der Waals surface area contributed by atoms with Gasteiger partial charge in [0.1, 0.15) is 20.4 Å². The molecule has 7 rings (SSSR count). The Labute approximate surface area is 253 Å². The predicted octanol–water partition coefficient (Wildman–Crippen LogP) is 7.01. The van der Waals surface area contributed by atoms with Gasteiger partial charge in [-0.3, -0.25) is 0 Å². The average molecular weight is 583 g/mol. The van der Waals surface area contributed by atoms with E-state index in [2.05, 4.69) is 62.3 Å². The summed E-state index contributed by atoms with van der Waals surface area (Å²) in [5.41, 5.74) is 9.61. The molecule has 9 atom stereocenters. The minimum atomic E-state index is -0.115. The fourth-order valence-corrected chi connectivity index (χ4v) is 12.1. The highest BCUT2D eigenvalue weighted by molar-refractivity contribution is 5.74. The van der Waals surface area contributed by atoms with Crippen LogP contribution in [0.3, 0.4) is 0 Å². The van der Waals surface area contributed by atoms with Crippen LogP contribution in [-0.4, -0.2) is 60.0 Å². The lowest BCUT2D eigenvalue weighted by atomic mass is 9.61. The molecule has 6 heteroatoms. The Morgan fingerprint density at radius 2 is 0.690 bits per heavy atom. The maximum Gasteiger partial charge on any atom is 0.146 e. The van der Waals surface area contributed by atoms with Gasteiger partial charge in [0.2, 0.25) is 0 Å². The first-order chi connectivity index (χ1) is 19.6. The van der Waals surface area contributed by atoms with Gasteiger partial charge in [0.25, 0.3) is 0 Å². The Morgan fingerprint density at radius 3 is 0.905 bits per heavy atom. The summed E-state index contributed by atoms with van der Waals surface area (Å²) in [6, 6.07) is 0. The van der Waals surface area contributed by atoms with E-state index in [-0.39, 0.29) is 50.8 Å². The smallest absolute Gasteiger partial charge is 0.146 e. The van der Waals surface area contributed by atoms with Crippen molar-refractivity contribution in [2.45, 2.75) is 134 Å². The SMILES string of the molecule is COCO[C@@H]1C[C@@H]2c3c(c4c(c5c3[C@]3(C)[C@H](OCOC)C[C@H]5C3(C)C)[C@]3(C)[C@H](OCOC)C[C@H]4C3(C)C)[C@@]1(C)C2(C)C. The normalized spacial score (nSPS) is 43.7. The van der Waals surface area contributed by atoms with E-state index in [0.29, 0.717) is 38.1 Å². The summed E-state index contributed by atoms with van der Waals surface area (Å²) in [6.07, 6.45) is 3.51. The van der Waals surface area contributed by atoms with E-state index < -0.39 is 0 Å². The van der Waals surface area contributed by atoms with Crippen molar-refractivity contribution in [2.24, 2.45) is 16.2 Å². The minimum Gasteiger partial charge on any atom is -0.359 e. The number of benzene rings is 1. The zero-order chi connectivity index (χ0) is 30.4. The van der Waals surface area contributed by atoms with Gasteiger partial charge < -0.3 is 28.4 Å². The molecular formula is C36H54O6. The topological polar surface area (TPSA) is 55.4 Å². The van der Waals surface area contributed by atoms with Crippen molar-refractivity contribution >= 4 is 0 Å². The molecule has 0 N–H and O–H groups in total. The Kier molecular flexibility index (Phi) is 6.23. The molecule has 1 aromatic carbocycles. The molecular weight excluding hydrogens is 528 g/mol. The highest BCUT2D eigenvalue weighted by Gasteiger charge is 2.76. The number of hydrogen-bond donors (Lipinski definition) is 0. The first kappa shape index (κ1) is 29.7. The van der Waals surface area contributed by atoms with Crippen molar-refractivity contribution in [1.82, 2.24) is 0 Å². The molecule has 3 fully saturated rings. The summed E-state index contributed by atoms with van der Waals surface area (Å²) in [5, 5.41) is 0. The zero-order valence-corrected chi connectivity index (χ0v) is 28.2. The Balaban J connectivity index is 1.57. The van der Waals surface area contributed by atoms with Crippen molar-refractivity contribution in [2.75, 3.05) is 41.7 Å². The van der Waals surface area contributed by atoms with E-state index >= 15 is 0 Å². The predicted molar refractivity (Wildman–Crippen MR) is 162 cm³/mol. The van der Waals surface area contributed by atoms with Crippen LogP contribution in [0.15, 0.2) is 0 Å². The molecule has 0 aromatic heterocycles. The quantitative estimate of drug-likeness (QED) is 0.292. The molecule has 42 heavy (non-hydrogen) atoms. The van der Waals surface area contributed by atoms with Gasteiger partial charge in [0, 0.05) is 37.6 Å². The van der Waals surface area contributed by atoms with Crippen LogP contribution < -0.4 is 0 Å². The lowest BCUT2D eigenvalue weighted by Gasteiger charge is -2.46. The van der Waals surface area contributed by atoms with Crippen LogP contribution >= 0.6 is 0 Å². The second-order valence-electron chi connectivity index (χ2n) is 16.7. The lowest BCUT2D eigenvalue weighted by Crippen LogP contribution is -2.46. The van der Waals surface area contributed by atoms with Crippen LogP contribution in [0.5, 0.6) is 0 Å². The van der Waals surface area contributed by atoms with E-state index in [1.165, 1.54) is 0 Å². The monoisotopic (exact) mass is 582 g/mol. The average Bonchev–Trinajstić information content (AvgIpc) is 3.53. The van der Waals surface area contributed by atoms with Crippen molar-refractivity contribution < 1.29 is 28.4 Å². The maximum absolute atomic E-state index is 6.59. The molecule has 0 unspecified atom stereocenters. The van der Waals surface area contributed by atoms with Gasteiger partial charge >= 0.3 is 0 Å². The number of fused-ring (bicyclic) bond motifs is 18. The molecule has 1 aromatic rings. The third-order valence-electron chi connectivity index (χ3n) is 15.3. The Bertz CT molecular complexity index is 1140. The fraction of sp³-hybridized carbons (Fsp3) is 0.833. The molecule has 3 saturated carbocycles. The highest BCUT2D eigenvalue weighted by Crippen LogP contribution is 2.81. The third-order valence-corrected chi connectivity index (χ3v) is 15.3. The van der Waals surface area contributed by atoms with Crippen molar-refractivity contribution in [1.29, 1.82) is 0 Å². The largest absolute Gasteiger partial charge is 0.359 e. The number of ether oxygens (including phenoxy) is 6. The molecule has 0 saturated heterocycles. The molecule has 6 bridgehead atoms. The first-order valence-corrected chi connectivity index (χ1v) is 16.2. The summed E-state index contributed by atoms with van der Waals surface area (Å²) in [6.45, 7) is 23.6.